The van der Waals surface area contributed by atoms with Gasteiger partial charge in [-0.05, 0) is 35.2 Å². The molecule has 0 aromatic heterocycles. The van der Waals surface area contributed by atoms with E-state index in [0.29, 0.717) is 5.75 Å². The van der Waals surface area contributed by atoms with Crippen LogP contribution in [-0.4, -0.2) is 5.11 Å². The molecule has 0 aliphatic rings. The number of phenolic OH excluding ortho intramolecular Hbond substituents is 1. The van der Waals surface area contributed by atoms with Crippen molar-refractivity contribution >= 4 is 0 Å². The summed E-state index contributed by atoms with van der Waals surface area (Å²) >= 11 is 0. The molecular weight excluding hydrogens is 268 g/mol. The van der Waals surface area contributed by atoms with Gasteiger partial charge in [-0.25, -0.2) is 0 Å². The Kier molecular flexibility index (Phi) is 3.97. The minimum absolute atomic E-state index is 0.198. The van der Waals surface area contributed by atoms with Crippen molar-refractivity contribution in [1.82, 2.24) is 0 Å². The summed E-state index contributed by atoms with van der Waals surface area (Å²) in [5.74, 6) is 0.301. The van der Waals surface area contributed by atoms with Crippen LogP contribution in [0.4, 0.5) is 0 Å². The minimum Gasteiger partial charge on any atom is -0.508 e. The first-order valence-electron chi connectivity index (χ1n) is 7.68. The molecule has 1 nitrogen and oxygen atoms in total. The average Bonchev–Trinajstić information content (AvgIpc) is 2.59. The molecule has 0 bridgehead atoms. The zero-order valence-corrected chi connectivity index (χ0v) is 12.7. The highest BCUT2D eigenvalue weighted by atomic mass is 16.3. The van der Waals surface area contributed by atoms with E-state index in [1.165, 1.54) is 16.7 Å². The standard InChI is InChI=1S/C21H20O/c1-2-21(17-9-5-3-6-10-17,18-11-7-4-8-12-18)19-13-15-20(22)16-14-19/h3-16,22H,2H2,1H3. The Morgan fingerprint density at radius 2 is 1.05 bits per heavy atom. The van der Waals surface area contributed by atoms with E-state index in [4.69, 9.17) is 0 Å². The van der Waals surface area contributed by atoms with Crippen LogP contribution in [0.1, 0.15) is 30.0 Å². The monoisotopic (exact) mass is 288 g/mol. The van der Waals surface area contributed by atoms with Gasteiger partial charge in [0.25, 0.3) is 0 Å². The van der Waals surface area contributed by atoms with Gasteiger partial charge in [0.15, 0.2) is 0 Å². The van der Waals surface area contributed by atoms with Crippen molar-refractivity contribution < 1.29 is 5.11 Å². The Labute approximate surface area is 131 Å². The molecule has 1 N–H and O–H groups in total. The molecule has 3 aromatic carbocycles. The van der Waals surface area contributed by atoms with Crippen LogP contribution >= 0.6 is 0 Å². The molecule has 0 amide bonds. The van der Waals surface area contributed by atoms with E-state index in [2.05, 4.69) is 55.5 Å². The fourth-order valence-corrected chi connectivity index (χ4v) is 3.30. The summed E-state index contributed by atoms with van der Waals surface area (Å²) in [5, 5.41) is 9.64. The van der Waals surface area contributed by atoms with Gasteiger partial charge in [0, 0.05) is 5.41 Å². The molecule has 0 heterocycles. The number of hydrogen-bond acceptors (Lipinski definition) is 1. The van der Waals surface area contributed by atoms with E-state index in [1.54, 1.807) is 12.1 Å². The first kappa shape index (κ1) is 14.4. The lowest BCUT2D eigenvalue weighted by Crippen LogP contribution is -2.28. The minimum atomic E-state index is -0.198. The van der Waals surface area contributed by atoms with Gasteiger partial charge in [0.05, 0.1) is 0 Å². The van der Waals surface area contributed by atoms with Crippen LogP contribution in [-0.2, 0) is 5.41 Å². The fraction of sp³-hybridized carbons (Fsp3) is 0.143. The number of phenols is 1. The summed E-state index contributed by atoms with van der Waals surface area (Å²) < 4.78 is 0. The second-order valence-electron chi connectivity index (χ2n) is 5.54. The van der Waals surface area contributed by atoms with Gasteiger partial charge in [-0.3, -0.25) is 0 Å². The lowest BCUT2D eigenvalue weighted by molar-refractivity contribution is 0.474. The van der Waals surface area contributed by atoms with Gasteiger partial charge in [-0.2, -0.15) is 0 Å². The quantitative estimate of drug-likeness (QED) is 0.659. The number of benzene rings is 3. The van der Waals surface area contributed by atoms with Crippen LogP contribution in [0, 0.1) is 0 Å². The molecule has 0 fully saturated rings. The highest BCUT2D eigenvalue weighted by molar-refractivity contribution is 5.50. The van der Waals surface area contributed by atoms with Crippen molar-refractivity contribution in [3.05, 3.63) is 102 Å². The van der Waals surface area contributed by atoms with Crippen molar-refractivity contribution in [3.8, 4) is 5.75 Å². The summed E-state index contributed by atoms with van der Waals surface area (Å²) in [6.07, 6.45) is 0.950. The average molecular weight is 288 g/mol. The predicted molar refractivity (Wildman–Crippen MR) is 91.2 cm³/mol. The van der Waals surface area contributed by atoms with Crippen LogP contribution in [0.2, 0.25) is 0 Å². The topological polar surface area (TPSA) is 20.2 Å². The smallest absolute Gasteiger partial charge is 0.115 e. The molecule has 0 saturated heterocycles. The molecule has 0 radical (unpaired) electrons. The Hall–Kier alpha value is -2.54. The van der Waals surface area contributed by atoms with Crippen LogP contribution in [0.5, 0.6) is 5.75 Å². The third-order valence-electron chi connectivity index (χ3n) is 4.42. The molecule has 22 heavy (non-hydrogen) atoms. The van der Waals surface area contributed by atoms with Gasteiger partial charge >= 0.3 is 0 Å². The molecule has 0 atom stereocenters. The Morgan fingerprint density at radius 1 is 0.636 bits per heavy atom. The van der Waals surface area contributed by atoms with Crippen LogP contribution in [0.25, 0.3) is 0 Å². The van der Waals surface area contributed by atoms with Gasteiger partial charge < -0.3 is 5.11 Å². The van der Waals surface area contributed by atoms with E-state index in [9.17, 15) is 5.11 Å². The van der Waals surface area contributed by atoms with Gasteiger partial charge in [0.1, 0.15) is 5.75 Å². The van der Waals surface area contributed by atoms with Crippen molar-refractivity contribution in [2.45, 2.75) is 18.8 Å². The molecule has 110 valence electrons. The third-order valence-corrected chi connectivity index (χ3v) is 4.42. The molecule has 1 heteroatoms. The van der Waals surface area contributed by atoms with Gasteiger partial charge in [0.2, 0.25) is 0 Å². The zero-order valence-electron chi connectivity index (χ0n) is 12.7. The number of rotatable bonds is 4. The zero-order chi connectivity index (χ0) is 15.4. The largest absolute Gasteiger partial charge is 0.508 e. The third kappa shape index (κ3) is 2.39. The first-order chi connectivity index (χ1) is 10.8. The van der Waals surface area contributed by atoms with Crippen molar-refractivity contribution in [3.63, 3.8) is 0 Å². The molecule has 0 saturated carbocycles. The highest BCUT2D eigenvalue weighted by Crippen LogP contribution is 2.42. The lowest BCUT2D eigenvalue weighted by atomic mass is 9.68. The summed E-state index contributed by atoms with van der Waals surface area (Å²) in [5.41, 5.74) is 3.55. The van der Waals surface area contributed by atoms with Crippen LogP contribution in [0.15, 0.2) is 84.9 Å². The van der Waals surface area contributed by atoms with E-state index in [0.717, 1.165) is 6.42 Å². The van der Waals surface area contributed by atoms with Gasteiger partial charge in [-0.1, -0.05) is 79.7 Å². The SMILES string of the molecule is CCC(c1ccccc1)(c1ccccc1)c1ccc(O)cc1. The second-order valence-corrected chi connectivity index (χ2v) is 5.54. The maximum atomic E-state index is 9.64. The van der Waals surface area contributed by atoms with Crippen LogP contribution < -0.4 is 0 Å². The molecule has 0 spiro atoms. The summed E-state index contributed by atoms with van der Waals surface area (Å²) in [6.45, 7) is 2.22. The molecule has 3 aromatic rings. The highest BCUT2D eigenvalue weighted by Gasteiger charge is 2.34. The molecule has 3 rings (SSSR count). The Balaban J connectivity index is 2.28. The van der Waals surface area contributed by atoms with Crippen LogP contribution in [0.3, 0.4) is 0 Å². The van der Waals surface area contributed by atoms with E-state index >= 15 is 0 Å². The Morgan fingerprint density at radius 3 is 1.45 bits per heavy atom. The normalized spacial score (nSPS) is 11.3. The lowest BCUT2D eigenvalue weighted by Gasteiger charge is -2.35. The molecule has 0 aliphatic carbocycles. The Bertz CT molecular complexity index is 675. The number of aromatic hydroxyl groups is 1. The number of hydrogen-bond donors (Lipinski definition) is 1. The maximum Gasteiger partial charge on any atom is 0.115 e. The fourth-order valence-electron chi connectivity index (χ4n) is 3.30. The summed E-state index contributed by atoms with van der Waals surface area (Å²) in [4.78, 5) is 0. The summed E-state index contributed by atoms with van der Waals surface area (Å²) in [6, 6.07) is 28.8. The maximum absolute atomic E-state index is 9.64. The summed E-state index contributed by atoms with van der Waals surface area (Å²) in [7, 11) is 0. The van der Waals surface area contributed by atoms with Crippen molar-refractivity contribution in [2.75, 3.05) is 0 Å². The second kappa shape index (κ2) is 6.07. The van der Waals surface area contributed by atoms with E-state index in [1.807, 2.05) is 24.3 Å². The first-order valence-corrected chi connectivity index (χ1v) is 7.68. The van der Waals surface area contributed by atoms with E-state index in [-0.39, 0.29) is 5.41 Å². The molecule has 0 unspecified atom stereocenters. The predicted octanol–water partition coefficient (Wildman–Crippen LogP) is 5.14. The van der Waals surface area contributed by atoms with Crippen molar-refractivity contribution in [2.24, 2.45) is 0 Å². The molecule has 0 aliphatic heterocycles. The molecular formula is C21H20O. The van der Waals surface area contributed by atoms with E-state index < -0.39 is 0 Å². The van der Waals surface area contributed by atoms with Gasteiger partial charge in [-0.15, -0.1) is 0 Å². The van der Waals surface area contributed by atoms with Crippen molar-refractivity contribution in [1.29, 1.82) is 0 Å².